The second-order valence-corrected chi connectivity index (χ2v) is 11.4. The minimum Gasteiger partial charge on any atom is -0.504 e. The van der Waals surface area contributed by atoms with Crippen LogP contribution < -0.4 is 4.74 Å². The van der Waals surface area contributed by atoms with Crippen molar-refractivity contribution < 1.29 is 53.4 Å². The van der Waals surface area contributed by atoms with E-state index in [0.717, 1.165) is 18.1 Å². The molecule has 4 aliphatic rings. The first-order valence-corrected chi connectivity index (χ1v) is 14.0. The van der Waals surface area contributed by atoms with Crippen LogP contribution in [0.15, 0.2) is 54.3 Å². The number of carbonyl (C=O) groups excluding carboxylic acids is 3. The number of hydrogen-bond acceptors (Lipinski definition) is 11. The van der Waals surface area contributed by atoms with Crippen molar-refractivity contribution in [2.45, 2.75) is 68.0 Å². The van der Waals surface area contributed by atoms with Crippen molar-refractivity contribution in [1.82, 2.24) is 4.90 Å². The van der Waals surface area contributed by atoms with Crippen LogP contribution in [0.3, 0.4) is 0 Å². The summed E-state index contributed by atoms with van der Waals surface area (Å²) in [6, 6.07) is 11.1. The molecule has 2 aromatic carbocycles. The molecule has 226 valence electrons. The topological polar surface area (TPSA) is 169 Å². The second kappa shape index (κ2) is 10.4. The van der Waals surface area contributed by atoms with E-state index in [-0.39, 0.29) is 35.3 Å². The number of likely N-dealkylation sites (tertiary alicyclic amines) is 1. The summed E-state index contributed by atoms with van der Waals surface area (Å²) in [4.78, 5) is 51.7. The average Bonchev–Trinajstić information content (AvgIpc) is 3.32. The fourth-order valence-corrected chi connectivity index (χ4v) is 7.21. The zero-order valence-corrected chi connectivity index (χ0v) is 23.5. The summed E-state index contributed by atoms with van der Waals surface area (Å²) in [5, 5.41) is 32.2. The molecule has 6 rings (SSSR count). The Bertz CT molecular complexity index is 1520. The number of aliphatic hydroxyl groups is 1. The molecule has 0 saturated carbocycles. The number of carboxylic acids is 1. The van der Waals surface area contributed by atoms with Gasteiger partial charge in [-0.25, -0.2) is 9.59 Å². The molecular weight excluding hydrogens is 562 g/mol. The lowest BCUT2D eigenvalue weighted by atomic mass is 9.50. The van der Waals surface area contributed by atoms with E-state index in [4.69, 9.17) is 18.9 Å². The number of ether oxygens (including phenoxy) is 4. The Morgan fingerprint density at radius 3 is 2.53 bits per heavy atom. The molecule has 3 N–H and O–H groups in total. The molecule has 0 aromatic heterocycles. The number of rotatable bonds is 8. The molecule has 43 heavy (non-hydrogen) atoms. The van der Waals surface area contributed by atoms with Gasteiger partial charge in [0.2, 0.25) is 12.2 Å². The van der Waals surface area contributed by atoms with Gasteiger partial charge in [0.25, 0.3) is 0 Å². The molecular formula is C31H31NO11. The fraction of sp³-hybridized carbons (Fsp3) is 0.419. The Labute approximate surface area is 246 Å². The van der Waals surface area contributed by atoms with Crippen molar-refractivity contribution in [1.29, 1.82) is 0 Å². The number of phenols is 1. The van der Waals surface area contributed by atoms with Crippen molar-refractivity contribution >= 4 is 23.9 Å². The van der Waals surface area contributed by atoms with Crippen LogP contribution in [0.1, 0.15) is 49.0 Å². The first-order valence-electron chi connectivity index (χ1n) is 14.0. The molecule has 0 unspecified atom stereocenters. The minimum absolute atomic E-state index is 0.0843. The van der Waals surface area contributed by atoms with Crippen molar-refractivity contribution in [3.05, 3.63) is 71.0 Å². The van der Waals surface area contributed by atoms with E-state index in [2.05, 4.69) is 4.90 Å². The number of carboxylic acid groups (broad SMARTS) is 1. The number of nitrogens with zero attached hydrogens (tertiary/aromatic N) is 1. The summed E-state index contributed by atoms with van der Waals surface area (Å²) >= 11 is 0. The maximum atomic E-state index is 13.8. The summed E-state index contributed by atoms with van der Waals surface area (Å²) in [5.41, 5.74) is -0.385. The zero-order valence-electron chi connectivity index (χ0n) is 23.5. The van der Waals surface area contributed by atoms with Crippen molar-refractivity contribution in [3.63, 3.8) is 0 Å². The van der Waals surface area contributed by atoms with Crippen LogP contribution in [-0.4, -0.2) is 81.5 Å². The van der Waals surface area contributed by atoms with Crippen LogP contribution in [0.4, 0.5) is 0 Å². The molecule has 2 aliphatic carbocycles. The van der Waals surface area contributed by atoms with E-state index >= 15 is 0 Å². The third-order valence-corrected chi connectivity index (χ3v) is 9.05. The highest BCUT2D eigenvalue weighted by molar-refractivity contribution is 5.87. The van der Waals surface area contributed by atoms with Gasteiger partial charge in [0.1, 0.15) is 5.76 Å². The lowest BCUT2D eigenvalue weighted by Gasteiger charge is -2.61. The highest BCUT2D eigenvalue weighted by Gasteiger charge is 2.72. The van der Waals surface area contributed by atoms with Crippen LogP contribution in [0.2, 0.25) is 0 Å². The van der Waals surface area contributed by atoms with Crippen molar-refractivity contribution in [2.24, 2.45) is 0 Å². The number of phenolic OH excluding ortho intramolecular Hbond substituents is 1. The van der Waals surface area contributed by atoms with Gasteiger partial charge in [-0.05, 0) is 44.1 Å². The lowest BCUT2D eigenvalue weighted by molar-refractivity contribution is -0.183. The normalized spacial score (nSPS) is 27.9. The summed E-state index contributed by atoms with van der Waals surface area (Å²) < 4.78 is 22.5. The molecule has 6 atom stereocenters. The van der Waals surface area contributed by atoms with Gasteiger partial charge in [-0.3, -0.25) is 9.59 Å². The Morgan fingerprint density at radius 1 is 1.09 bits per heavy atom. The quantitative estimate of drug-likeness (QED) is 0.301. The van der Waals surface area contributed by atoms with E-state index < -0.39 is 59.6 Å². The number of hydrogen-bond donors (Lipinski definition) is 3. The van der Waals surface area contributed by atoms with Gasteiger partial charge in [0.15, 0.2) is 17.6 Å². The maximum absolute atomic E-state index is 13.8. The zero-order chi connectivity index (χ0) is 30.7. The third kappa shape index (κ3) is 4.43. The minimum atomic E-state index is -1.79. The Morgan fingerprint density at radius 2 is 1.84 bits per heavy atom. The lowest BCUT2D eigenvalue weighted by Crippen LogP contribution is -2.74. The van der Waals surface area contributed by atoms with Gasteiger partial charge < -0.3 is 39.2 Å². The van der Waals surface area contributed by atoms with Crippen molar-refractivity contribution in [3.8, 4) is 11.5 Å². The Balaban J connectivity index is 1.34. The molecule has 2 bridgehead atoms. The summed E-state index contributed by atoms with van der Waals surface area (Å²) in [5.74, 6) is -4.29. The fourth-order valence-electron chi connectivity index (χ4n) is 7.21. The van der Waals surface area contributed by atoms with Crippen LogP contribution in [0.25, 0.3) is 0 Å². The number of likely N-dealkylation sites (N-methyl/N-ethyl adjacent to an activating group) is 1. The standard InChI is InChI=1S/C31H31NO11/c1-16(33)40-21(15-23(35)36)28(37)43-25(17-6-4-3-5-7-17)29(38)41-20-10-11-31(39)22-14-18-8-9-19(34)26-24(18)30(31,27(20)42-26)12-13-32(22)2/h3-10,21-22,25,27,34,39H,11-15H2,1-2H3,(H,35,36)/t21-,22+,25-,27-,30-,31+/m0/s1. The maximum Gasteiger partial charge on any atom is 0.357 e. The third-order valence-electron chi connectivity index (χ3n) is 9.05. The molecule has 2 heterocycles. The summed E-state index contributed by atoms with van der Waals surface area (Å²) in [6.45, 7) is 1.65. The molecule has 12 nitrogen and oxygen atoms in total. The van der Waals surface area contributed by atoms with Crippen LogP contribution in [0.5, 0.6) is 11.5 Å². The summed E-state index contributed by atoms with van der Waals surface area (Å²) in [6.07, 6.45) is -2.50. The van der Waals surface area contributed by atoms with Gasteiger partial charge in [0, 0.05) is 30.5 Å². The molecule has 1 spiro atoms. The summed E-state index contributed by atoms with van der Waals surface area (Å²) in [7, 11) is 1.96. The first kappa shape index (κ1) is 28.7. The molecule has 0 radical (unpaired) electrons. The van der Waals surface area contributed by atoms with E-state index in [1.54, 1.807) is 30.3 Å². The number of carbonyl (C=O) groups is 4. The molecule has 12 heteroatoms. The second-order valence-electron chi connectivity index (χ2n) is 11.4. The number of esters is 3. The van der Waals surface area contributed by atoms with Crippen LogP contribution in [0, 0.1) is 0 Å². The van der Waals surface area contributed by atoms with Gasteiger partial charge in [-0.15, -0.1) is 0 Å². The molecule has 1 fully saturated rings. The number of benzene rings is 2. The Kier molecular flexibility index (Phi) is 6.93. The van der Waals surface area contributed by atoms with Gasteiger partial charge in [0.05, 0.1) is 17.4 Å². The smallest absolute Gasteiger partial charge is 0.357 e. The number of piperidine rings is 1. The average molecular weight is 594 g/mol. The van der Waals surface area contributed by atoms with Gasteiger partial charge in [-0.2, -0.15) is 0 Å². The molecule has 1 saturated heterocycles. The number of aliphatic carboxylic acids is 1. The monoisotopic (exact) mass is 593 g/mol. The van der Waals surface area contributed by atoms with E-state index in [0.29, 0.717) is 19.4 Å². The number of aromatic hydroxyl groups is 1. The highest BCUT2D eigenvalue weighted by atomic mass is 16.6. The van der Waals surface area contributed by atoms with Gasteiger partial charge >= 0.3 is 23.9 Å². The first-order chi connectivity index (χ1) is 20.5. The largest absolute Gasteiger partial charge is 0.504 e. The van der Waals surface area contributed by atoms with Crippen molar-refractivity contribution in [2.75, 3.05) is 13.6 Å². The molecule has 2 aliphatic heterocycles. The predicted molar refractivity (Wildman–Crippen MR) is 146 cm³/mol. The molecule has 2 aromatic rings. The van der Waals surface area contributed by atoms with E-state index in [1.807, 2.05) is 13.1 Å². The molecule has 0 amide bonds. The van der Waals surface area contributed by atoms with Crippen LogP contribution in [-0.2, 0) is 45.2 Å². The highest BCUT2D eigenvalue weighted by Crippen LogP contribution is 2.65. The van der Waals surface area contributed by atoms with Crippen LogP contribution >= 0.6 is 0 Å². The van der Waals surface area contributed by atoms with Gasteiger partial charge in [-0.1, -0.05) is 36.4 Å². The SMILES string of the molecule is CC(=O)O[C@@H](CC(=O)O)C(=O)O[C@H](C(=O)OC1=CC[C@@]2(O)[C@H]3Cc4ccc(O)c5c4[C@@]2(CCN3C)[C@H]1O5)c1ccccc1. The van der Waals surface area contributed by atoms with E-state index in [1.165, 1.54) is 12.1 Å². The predicted octanol–water partition coefficient (Wildman–Crippen LogP) is 1.90. The van der Waals surface area contributed by atoms with E-state index in [9.17, 15) is 34.5 Å². The Hall–Kier alpha value is -4.42.